The maximum Gasteiger partial charge on any atom is 0.255 e. The van der Waals surface area contributed by atoms with Gasteiger partial charge in [-0.05, 0) is 42.3 Å². The Bertz CT molecular complexity index is 796. The molecule has 3 rings (SSSR count). The van der Waals surface area contributed by atoms with Gasteiger partial charge in [0.25, 0.3) is 5.91 Å². The van der Waals surface area contributed by atoms with Gasteiger partial charge in [0.05, 0.1) is 5.52 Å². The number of aromatic nitrogens is 1. The Labute approximate surface area is 123 Å². The quantitative estimate of drug-likeness (QED) is 0.784. The summed E-state index contributed by atoms with van der Waals surface area (Å²) in [6, 6.07) is 17.3. The summed E-state index contributed by atoms with van der Waals surface area (Å²) in [6.45, 7) is 2.05. The molecule has 0 saturated heterocycles. The molecule has 2 aromatic carbocycles. The first-order valence-electron chi connectivity index (χ1n) is 7.02. The largest absolute Gasteiger partial charge is 0.322 e. The summed E-state index contributed by atoms with van der Waals surface area (Å²) in [7, 11) is 0. The number of pyridine rings is 1. The van der Waals surface area contributed by atoms with Crippen LogP contribution in [0.5, 0.6) is 0 Å². The second-order valence-electron chi connectivity index (χ2n) is 4.88. The number of fused-ring (bicyclic) bond motifs is 1. The van der Waals surface area contributed by atoms with Gasteiger partial charge in [-0.25, -0.2) is 0 Å². The maximum absolute atomic E-state index is 12.4. The molecule has 1 heterocycles. The lowest BCUT2D eigenvalue weighted by atomic mass is 10.0. The van der Waals surface area contributed by atoms with Crippen molar-refractivity contribution in [1.82, 2.24) is 4.98 Å². The molecule has 0 saturated carbocycles. The Hall–Kier alpha value is -2.68. The maximum atomic E-state index is 12.4. The van der Waals surface area contributed by atoms with E-state index in [0.717, 1.165) is 34.1 Å². The Kier molecular flexibility index (Phi) is 3.65. The molecule has 1 aromatic heterocycles. The number of rotatable bonds is 3. The van der Waals surface area contributed by atoms with E-state index in [1.54, 1.807) is 6.20 Å². The third-order valence-corrected chi connectivity index (χ3v) is 3.50. The molecule has 1 amide bonds. The Balaban J connectivity index is 1.89. The smallest absolute Gasteiger partial charge is 0.255 e. The first-order valence-corrected chi connectivity index (χ1v) is 7.02. The fourth-order valence-electron chi connectivity index (χ4n) is 2.40. The minimum atomic E-state index is -0.0734. The molecule has 0 unspecified atom stereocenters. The van der Waals surface area contributed by atoms with Gasteiger partial charge in [-0.15, -0.1) is 0 Å². The zero-order valence-corrected chi connectivity index (χ0v) is 11.8. The summed E-state index contributed by atoms with van der Waals surface area (Å²) in [5.41, 5.74) is 3.49. The second kappa shape index (κ2) is 5.75. The molecular formula is C18H16N2O. The fourth-order valence-corrected chi connectivity index (χ4v) is 2.40. The van der Waals surface area contributed by atoms with E-state index in [2.05, 4.69) is 10.3 Å². The third kappa shape index (κ3) is 2.77. The molecule has 104 valence electrons. The number of amides is 1. The first-order chi connectivity index (χ1) is 10.3. The zero-order chi connectivity index (χ0) is 14.7. The summed E-state index contributed by atoms with van der Waals surface area (Å²) in [5.74, 6) is -0.0734. The third-order valence-electron chi connectivity index (χ3n) is 3.50. The van der Waals surface area contributed by atoms with E-state index in [1.807, 2.05) is 61.5 Å². The van der Waals surface area contributed by atoms with Crippen molar-refractivity contribution in [2.75, 3.05) is 5.32 Å². The normalized spacial score (nSPS) is 10.5. The van der Waals surface area contributed by atoms with Crippen LogP contribution in [0, 0.1) is 0 Å². The Morgan fingerprint density at radius 2 is 1.95 bits per heavy atom. The second-order valence-corrected chi connectivity index (χ2v) is 4.88. The van der Waals surface area contributed by atoms with Crippen LogP contribution in [0.1, 0.15) is 22.8 Å². The molecule has 0 atom stereocenters. The van der Waals surface area contributed by atoms with Gasteiger partial charge in [0.2, 0.25) is 0 Å². The summed E-state index contributed by atoms with van der Waals surface area (Å²) in [4.78, 5) is 16.7. The van der Waals surface area contributed by atoms with Crippen molar-refractivity contribution in [2.45, 2.75) is 13.3 Å². The highest BCUT2D eigenvalue weighted by atomic mass is 16.1. The van der Waals surface area contributed by atoms with E-state index in [1.165, 1.54) is 0 Å². The minimum absolute atomic E-state index is 0.0734. The molecule has 1 N–H and O–H groups in total. The number of hydrogen-bond acceptors (Lipinski definition) is 2. The van der Waals surface area contributed by atoms with Crippen LogP contribution in [0.3, 0.4) is 0 Å². The summed E-state index contributed by atoms with van der Waals surface area (Å²) >= 11 is 0. The lowest BCUT2D eigenvalue weighted by Gasteiger charge is -2.09. The summed E-state index contributed by atoms with van der Waals surface area (Å²) in [6.07, 6.45) is 2.60. The average Bonchev–Trinajstić information content (AvgIpc) is 2.54. The van der Waals surface area contributed by atoms with Crippen LogP contribution in [0.25, 0.3) is 10.9 Å². The van der Waals surface area contributed by atoms with Crippen molar-refractivity contribution in [2.24, 2.45) is 0 Å². The number of hydrogen-bond donors (Lipinski definition) is 1. The Morgan fingerprint density at radius 3 is 2.81 bits per heavy atom. The van der Waals surface area contributed by atoms with Crippen LogP contribution >= 0.6 is 0 Å². The van der Waals surface area contributed by atoms with Gasteiger partial charge in [0.15, 0.2) is 0 Å². The predicted molar refractivity (Wildman–Crippen MR) is 85.5 cm³/mol. The highest BCUT2D eigenvalue weighted by Crippen LogP contribution is 2.18. The molecular weight excluding hydrogens is 260 g/mol. The molecule has 0 bridgehead atoms. The van der Waals surface area contributed by atoms with Crippen molar-refractivity contribution >= 4 is 22.5 Å². The number of anilines is 1. The zero-order valence-electron chi connectivity index (χ0n) is 11.8. The van der Waals surface area contributed by atoms with E-state index in [-0.39, 0.29) is 5.91 Å². The fraction of sp³-hybridized carbons (Fsp3) is 0.111. The molecule has 0 aliphatic carbocycles. The molecule has 0 radical (unpaired) electrons. The monoisotopic (exact) mass is 276 g/mol. The highest BCUT2D eigenvalue weighted by molar-refractivity contribution is 6.06. The lowest BCUT2D eigenvalue weighted by Crippen LogP contribution is -2.13. The molecule has 21 heavy (non-hydrogen) atoms. The van der Waals surface area contributed by atoms with Gasteiger partial charge < -0.3 is 5.32 Å². The number of carbonyl (C=O) groups is 1. The number of nitrogens with zero attached hydrogens (tertiary/aromatic N) is 1. The average molecular weight is 276 g/mol. The number of benzene rings is 2. The molecule has 0 spiro atoms. The van der Waals surface area contributed by atoms with E-state index in [4.69, 9.17) is 0 Å². The van der Waals surface area contributed by atoms with Crippen LogP contribution in [-0.2, 0) is 6.42 Å². The Morgan fingerprint density at radius 1 is 1.10 bits per heavy atom. The van der Waals surface area contributed by atoms with Crippen LogP contribution in [0.15, 0.2) is 60.8 Å². The van der Waals surface area contributed by atoms with E-state index >= 15 is 0 Å². The van der Waals surface area contributed by atoms with Crippen molar-refractivity contribution in [3.8, 4) is 0 Å². The van der Waals surface area contributed by atoms with E-state index in [9.17, 15) is 4.79 Å². The number of nitrogens with one attached hydrogen (secondary N) is 1. The van der Waals surface area contributed by atoms with Crippen molar-refractivity contribution in [1.29, 1.82) is 0 Å². The number of aryl methyl sites for hydroxylation is 1. The van der Waals surface area contributed by atoms with Crippen LogP contribution in [0.4, 0.5) is 5.69 Å². The topological polar surface area (TPSA) is 42.0 Å². The van der Waals surface area contributed by atoms with Crippen molar-refractivity contribution in [3.63, 3.8) is 0 Å². The van der Waals surface area contributed by atoms with Crippen LogP contribution in [0.2, 0.25) is 0 Å². The van der Waals surface area contributed by atoms with Gasteiger partial charge in [-0.2, -0.15) is 0 Å². The van der Waals surface area contributed by atoms with Crippen LogP contribution in [-0.4, -0.2) is 10.9 Å². The molecule has 0 fully saturated rings. The summed E-state index contributed by atoms with van der Waals surface area (Å²) in [5, 5.41) is 3.97. The van der Waals surface area contributed by atoms with Gasteiger partial charge >= 0.3 is 0 Å². The summed E-state index contributed by atoms with van der Waals surface area (Å²) < 4.78 is 0. The molecule has 3 nitrogen and oxygen atoms in total. The minimum Gasteiger partial charge on any atom is -0.322 e. The standard InChI is InChI=1S/C18H16N2O/c1-2-13-6-3-4-8-16(13)18(21)20-15-9-10-17-14(12-15)7-5-11-19-17/h3-12H,2H2,1H3,(H,20,21). The van der Waals surface area contributed by atoms with Gasteiger partial charge in [-0.3, -0.25) is 9.78 Å². The van der Waals surface area contributed by atoms with Gasteiger partial charge in [-0.1, -0.05) is 31.2 Å². The van der Waals surface area contributed by atoms with Gasteiger partial charge in [0, 0.05) is 22.8 Å². The first kappa shape index (κ1) is 13.3. The van der Waals surface area contributed by atoms with Crippen molar-refractivity contribution in [3.05, 3.63) is 71.9 Å². The molecule has 0 aliphatic heterocycles. The van der Waals surface area contributed by atoms with Crippen LogP contribution < -0.4 is 5.32 Å². The van der Waals surface area contributed by atoms with Gasteiger partial charge in [0.1, 0.15) is 0 Å². The van der Waals surface area contributed by atoms with E-state index in [0.29, 0.717) is 0 Å². The van der Waals surface area contributed by atoms with Crippen molar-refractivity contribution < 1.29 is 4.79 Å². The lowest BCUT2D eigenvalue weighted by molar-refractivity contribution is 0.102. The molecule has 3 aromatic rings. The SMILES string of the molecule is CCc1ccccc1C(=O)Nc1ccc2ncccc2c1. The molecule has 3 heteroatoms. The highest BCUT2D eigenvalue weighted by Gasteiger charge is 2.10. The predicted octanol–water partition coefficient (Wildman–Crippen LogP) is 4.05. The molecule has 0 aliphatic rings. The number of carbonyl (C=O) groups excluding carboxylic acids is 1. The van der Waals surface area contributed by atoms with E-state index < -0.39 is 0 Å².